The van der Waals surface area contributed by atoms with Crippen LogP contribution in [-0.4, -0.2) is 6.54 Å². The maximum atomic E-state index is 13.7. The highest BCUT2D eigenvalue weighted by atomic mass is 79.9. The Balaban J connectivity index is 2.31. The minimum atomic E-state index is -1.01. The summed E-state index contributed by atoms with van der Waals surface area (Å²) >= 11 is 3.11. The Kier molecular flexibility index (Phi) is 4.73. The van der Waals surface area contributed by atoms with E-state index in [9.17, 15) is 8.78 Å². The van der Waals surface area contributed by atoms with Gasteiger partial charge in [0.1, 0.15) is 6.10 Å². The highest BCUT2D eigenvalue weighted by molar-refractivity contribution is 9.10. The average molecular weight is 342 g/mol. The second-order valence-electron chi connectivity index (χ2n) is 4.46. The zero-order valence-electron chi connectivity index (χ0n) is 10.9. The molecular formula is C15H14BrF2NO. The lowest BCUT2D eigenvalue weighted by molar-refractivity contribution is 0.201. The van der Waals surface area contributed by atoms with Gasteiger partial charge in [-0.25, -0.2) is 4.39 Å². The molecule has 0 radical (unpaired) electrons. The number of nitrogens with two attached hydrogens (primary N) is 1. The molecule has 0 heterocycles. The molecule has 106 valence electrons. The van der Waals surface area contributed by atoms with Crippen LogP contribution in [0, 0.1) is 18.6 Å². The summed E-state index contributed by atoms with van der Waals surface area (Å²) in [4.78, 5) is 0. The molecule has 2 aromatic rings. The van der Waals surface area contributed by atoms with Gasteiger partial charge in [-0.2, -0.15) is 4.39 Å². The number of hydrogen-bond donors (Lipinski definition) is 1. The van der Waals surface area contributed by atoms with E-state index in [2.05, 4.69) is 15.9 Å². The van der Waals surface area contributed by atoms with E-state index in [4.69, 9.17) is 10.5 Å². The molecule has 1 atom stereocenters. The van der Waals surface area contributed by atoms with Gasteiger partial charge in [-0.1, -0.05) is 45.8 Å². The Labute approximate surface area is 124 Å². The molecule has 2 rings (SSSR count). The summed E-state index contributed by atoms with van der Waals surface area (Å²) in [6.45, 7) is 2.10. The standard InChI is InChI=1S/C15H14BrF2NO/c1-9-3-2-4-10(5-9)14(8-19)20-13-7-11(16)6-12(17)15(13)18/h2-7,14H,8,19H2,1H3. The molecule has 20 heavy (non-hydrogen) atoms. The van der Waals surface area contributed by atoms with Crippen molar-refractivity contribution in [2.75, 3.05) is 6.54 Å². The molecule has 5 heteroatoms. The molecule has 0 fully saturated rings. The Morgan fingerprint density at radius 2 is 2.00 bits per heavy atom. The van der Waals surface area contributed by atoms with Gasteiger partial charge < -0.3 is 10.5 Å². The Bertz CT molecular complexity index is 619. The maximum absolute atomic E-state index is 13.7. The molecule has 0 aliphatic heterocycles. The van der Waals surface area contributed by atoms with Crippen LogP contribution < -0.4 is 10.5 Å². The zero-order valence-corrected chi connectivity index (χ0v) is 12.5. The van der Waals surface area contributed by atoms with Crippen molar-refractivity contribution in [3.05, 3.63) is 63.6 Å². The number of ether oxygens (including phenoxy) is 1. The summed E-state index contributed by atoms with van der Waals surface area (Å²) in [7, 11) is 0. The number of benzene rings is 2. The largest absolute Gasteiger partial charge is 0.481 e. The zero-order chi connectivity index (χ0) is 14.7. The van der Waals surface area contributed by atoms with Crippen LogP contribution in [0.1, 0.15) is 17.2 Å². The van der Waals surface area contributed by atoms with Crippen molar-refractivity contribution < 1.29 is 13.5 Å². The summed E-state index contributed by atoms with van der Waals surface area (Å²) in [5.41, 5.74) is 7.55. The molecule has 0 spiro atoms. The monoisotopic (exact) mass is 341 g/mol. The Morgan fingerprint density at radius 1 is 1.25 bits per heavy atom. The van der Waals surface area contributed by atoms with E-state index >= 15 is 0 Å². The van der Waals surface area contributed by atoms with Crippen LogP contribution in [0.3, 0.4) is 0 Å². The molecule has 0 aromatic heterocycles. The van der Waals surface area contributed by atoms with Gasteiger partial charge in [0, 0.05) is 11.0 Å². The van der Waals surface area contributed by atoms with Crippen LogP contribution >= 0.6 is 15.9 Å². The lowest BCUT2D eigenvalue weighted by Crippen LogP contribution is -2.19. The maximum Gasteiger partial charge on any atom is 0.200 e. The van der Waals surface area contributed by atoms with Crippen molar-refractivity contribution in [3.8, 4) is 5.75 Å². The van der Waals surface area contributed by atoms with Crippen molar-refractivity contribution >= 4 is 15.9 Å². The number of halogens is 3. The van der Waals surface area contributed by atoms with Gasteiger partial charge in [0.15, 0.2) is 11.6 Å². The van der Waals surface area contributed by atoms with E-state index in [-0.39, 0.29) is 12.3 Å². The van der Waals surface area contributed by atoms with E-state index in [0.29, 0.717) is 4.47 Å². The van der Waals surface area contributed by atoms with E-state index in [0.717, 1.165) is 17.2 Å². The second kappa shape index (κ2) is 6.33. The van der Waals surface area contributed by atoms with Crippen LogP contribution in [0.25, 0.3) is 0 Å². The Morgan fingerprint density at radius 3 is 2.65 bits per heavy atom. The first kappa shape index (κ1) is 14.9. The fourth-order valence-corrected chi connectivity index (χ4v) is 2.30. The van der Waals surface area contributed by atoms with Crippen LogP contribution in [0.15, 0.2) is 40.9 Å². The predicted octanol–water partition coefficient (Wildman–Crippen LogP) is 4.11. The molecule has 0 bridgehead atoms. The molecule has 0 amide bonds. The third-order valence-electron chi connectivity index (χ3n) is 2.86. The first-order valence-electron chi connectivity index (χ1n) is 6.09. The van der Waals surface area contributed by atoms with Gasteiger partial charge in [-0.15, -0.1) is 0 Å². The van der Waals surface area contributed by atoms with Gasteiger partial charge in [-0.05, 0) is 24.6 Å². The molecule has 2 aromatic carbocycles. The quantitative estimate of drug-likeness (QED) is 0.849. The van der Waals surface area contributed by atoms with Gasteiger partial charge in [0.25, 0.3) is 0 Å². The van der Waals surface area contributed by atoms with Crippen LogP contribution in [0.5, 0.6) is 5.75 Å². The van der Waals surface area contributed by atoms with Crippen molar-refractivity contribution in [1.29, 1.82) is 0 Å². The number of hydrogen-bond acceptors (Lipinski definition) is 2. The summed E-state index contributed by atoms with van der Waals surface area (Å²) in [6.07, 6.45) is -0.530. The lowest BCUT2D eigenvalue weighted by Gasteiger charge is -2.19. The molecule has 0 aliphatic carbocycles. The summed E-state index contributed by atoms with van der Waals surface area (Å²) < 4.78 is 33.0. The minimum absolute atomic E-state index is 0.158. The van der Waals surface area contributed by atoms with E-state index in [1.165, 1.54) is 6.07 Å². The SMILES string of the molecule is Cc1cccc(C(CN)Oc2cc(Br)cc(F)c2F)c1. The Hall–Kier alpha value is -1.46. The van der Waals surface area contributed by atoms with Gasteiger partial charge in [-0.3, -0.25) is 0 Å². The molecule has 2 nitrogen and oxygen atoms in total. The van der Waals surface area contributed by atoms with Gasteiger partial charge in [0.2, 0.25) is 5.82 Å². The van der Waals surface area contributed by atoms with Crippen LogP contribution in [0.2, 0.25) is 0 Å². The van der Waals surface area contributed by atoms with Crippen molar-refractivity contribution in [2.24, 2.45) is 5.73 Å². The summed E-state index contributed by atoms with van der Waals surface area (Å²) in [6, 6.07) is 9.99. The highest BCUT2D eigenvalue weighted by Gasteiger charge is 2.17. The van der Waals surface area contributed by atoms with Crippen LogP contribution in [-0.2, 0) is 0 Å². The fraction of sp³-hybridized carbons (Fsp3) is 0.200. The molecular weight excluding hydrogens is 328 g/mol. The minimum Gasteiger partial charge on any atom is -0.481 e. The topological polar surface area (TPSA) is 35.2 Å². The van der Waals surface area contributed by atoms with E-state index in [1.807, 2.05) is 31.2 Å². The lowest BCUT2D eigenvalue weighted by atomic mass is 10.1. The fourth-order valence-electron chi connectivity index (χ4n) is 1.89. The van der Waals surface area contributed by atoms with Crippen molar-refractivity contribution in [2.45, 2.75) is 13.0 Å². The third kappa shape index (κ3) is 3.35. The normalized spacial score (nSPS) is 12.2. The summed E-state index contributed by atoms with van der Waals surface area (Å²) in [5, 5.41) is 0. The number of rotatable bonds is 4. The van der Waals surface area contributed by atoms with Gasteiger partial charge in [0.05, 0.1) is 0 Å². The molecule has 1 unspecified atom stereocenters. The van der Waals surface area contributed by atoms with Crippen molar-refractivity contribution in [1.82, 2.24) is 0 Å². The predicted molar refractivity (Wildman–Crippen MR) is 77.7 cm³/mol. The molecule has 0 saturated carbocycles. The van der Waals surface area contributed by atoms with E-state index < -0.39 is 17.7 Å². The number of aryl methyl sites for hydroxylation is 1. The van der Waals surface area contributed by atoms with Gasteiger partial charge >= 0.3 is 0 Å². The first-order valence-corrected chi connectivity index (χ1v) is 6.88. The summed E-state index contributed by atoms with van der Waals surface area (Å²) in [5.74, 6) is -2.14. The second-order valence-corrected chi connectivity index (χ2v) is 5.37. The molecule has 0 saturated heterocycles. The van der Waals surface area contributed by atoms with Crippen molar-refractivity contribution in [3.63, 3.8) is 0 Å². The van der Waals surface area contributed by atoms with Crippen LogP contribution in [0.4, 0.5) is 8.78 Å². The van der Waals surface area contributed by atoms with E-state index in [1.54, 1.807) is 0 Å². The molecule has 0 aliphatic rings. The third-order valence-corrected chi connectivity index (χ3v) is 3.31. The average Bonchev–Trinajstić information content (AvgIpc) is 2.41. The first-order chi connectivity index (χ1) is 9.51. The highest BCUT2D eigenvalue weighted by Crippen LogP contribution is 2.29. The smallest absolute Gasteiger partial charge is 0.200 e. The molecule has 2 N–H and O–H groups in total.